The van der Waals surface area contributed by atoms with Crippen molar-refractivity contribution in [2.24, 2.45) is 5.73 Å². The molecule has 1 saturated heterocycles. The van der Waals surface area contributed by atoms with Crippen molar-refractivity contribution in [3.8, 4) is 0 Å². The van der Waals surface area contributed by atoms with Gasteiger partial charge in [0, 0.05) is 42.7 Å². The van der Waals surface area contributed by atoms with Gasteiger partial charge in [-0.2, -0.15) is 0 Å². The zero-order chi connectivity index (χ0) is 18.4. The van der Waals surface area contributed by atoms with Crippen LogP contribution in [0.2, 0.25) is 5.02 Å². The Morgan fingerprint density at radius 1 is 1.15 bits per heavy atom. The maximum Gasteiger partial charge on any atom is 0.221 e. The van der Waals surface area contributed by atoms with Crippen molar-refractivity contribution in [1.29, 1.82) is 0 Å². The minimum atomic E-state index is -0.298. The van der Waals surface area contributed by atoms with E-state index in [1.165, 1.54) is 0 Å². The number of halogens is 2. The first-order chi connectivity index (χ1) is 12.6. The van der Waals surface area contributed by atoms with Gasteiger partial charge in [0.2, 0.25) is 5.91 Å². The molecule has 0 aromatic heterocycles. The number of carbonyl (C=O) groups is 1. The molecule has 27 heavy (non-hydrogen) atoms. The largest absolute Gasteiger partial charge is 0.381 e. The van der Waals surface area contributed by atoms with Gasteiger partial charge >= 0.3 is 0 Å². The Morgan fingerprint density at radius 2 is 1.85 bits per heavy atom. The van der Waals surface area contributed by atoms with Crippen molar-refractivity contribution >= 4 is 29.9 Å². The Labute approximate surface area is 171 Å². The molecule has 0 aliphatic carbocycles. The van der Waals surface area contributed by atoms with E-state index in [0.29, 0.717) is 24.8 Å². The predicted octanol–water partition coefficient (Wildman–Crippen LogP) is 4.02. The van der Waals surface area contributed by atoms with Crippen molar-refractivity contribution in [2.45, 2.75) is 30.7 Å². The minimum Gasteiger partial charge on any atom is -0.381 e. The van der Waals surface area contributed by atoms with Crippen LogP contribution in [0, 0.1) is 0 Å². The van der Waals surface area contributed by atoms with Gasteiger partial charge in [0.25, 0.3) is 0 Å². The lowest BCUT2D eigenvalue weighted by Crippen LogP contribution is -2.45. The lowest BCUT2D eigenvalue weighted by Gasteiger charge is -2.38. The number of rotatable bonds is 6. The van der Waals surface area contributed by atoms with Crippen molar-refractivity contribution in [3.05, 3.63) is 70.7 Å². The first-order valence-electron chi connectivity index (χ1n) is 9.00. The third kappa shape index (κ3) is 5.69. The van der Waals surface area contributed by atoms with Crippen molar-refractivity contribution in [3.63, 3.8) is 0 Å². The summed E-state index contributed by atoms with van der Waals surface area (Å²) in [5.41, 5.74) is 8.15. The molecule has 0 radical (unpaired) electrons. The number of ether oxygens (including phenoxy) is 1. The van der Waals surface area contributed by atoms with Crippen molar-refractivity contribution in [2.75, 3.05) is 19.8 Å². The van der Waals surface area contributed by atoms with Gasteiger partial charge in [0.15, 0.2) is 0 Å². The third-order valence-electron chi connectivity index (χ3n) is 5.14. The van der Waals surface area contributed by atoms with E-state index in [4.69, 9.17) is 22.1 Å². The molecule has 2 aromatic carbocycles. The Bertz CT molecular complexity index is 734. The molecule has 1 heterocycles. The van der Waals surface area contributed by atoms with Gasteiger partial charge in [-0.05, 0) is 36.1 Å². The molecule has 2 aromatic rings. The summed E-state index contributed by atoms with van der Waals surface area (Å²) in [5, 5.41) is 3.81. The second-order valence-corrected chi connectivity index (χ2v) is 7.34. The first-order valence-corrected chi connectivity index (χ1v) is 9.38. The Morgan fingerprint density at radius 3 is 2.52 bits per heavy atom. The van der Waals surface area contributed by atoms with E-state index in [1.54, 1.807) is 0 Å². The molecule has 0 spiro atoms. The lowest BCUT2D eigenvalue weighted by molar-refractivity contribution is -0.122. The summed E-state index contributed by atoms with van der Waals surface area (Å²) in [6, 6.07) is 17.3. The number of nitrogens with two attached hydrogens (primary N) is 1. The molecule has 3 rings (SSSR count). The van der Waals surface area contributed by atoms with Crippen LogP contribution in [0.3, 0.4) is 0 Å². The standard InChI is InChI=1S/C21H25ClN2O2.ClH/c22-18-8-4-7-17(13-18)21(9-11-26-12-10-21)15-24-20(25)14-19(23)16-5-2-1-3-6-16;/h1-8,13,19H,9-12,14-15,23H2,(H,24,25);1H. The Balaban J connectivity index is 0.00000261. The molecule has 1 aliphatic heterocycles. The number of benzene rings is 2. The molecule has 146 valence electrons. The average molecular weight is 409 g/mol. The minimum absolute atomic E-state index is 0. The quantitative estimate of drug-likeness (QED) is 0.758. The number of amides is 1. The van der Waals surface area contributed by atoms with Crippen molar-refractivity contribution < 1.29 is 9.53 Å². The van der Waals surface area contributed by atoms with E-state index in [1.807, 2.05) is 48.5 Å². The topological polar surface area (TPSA) is 64.4 Å². The van der Waals surface area contributed by atoms with Crippen LogP contribution in [-0.2, 0) is 14.9 Å². The van der Waals surface area contributed by atoms with Crippen LogP contribution >= 0.6 is 24.0 Å². The fraction of sp³-hybridized carbons (Fsp3) is 0.381. The Hall–Kier alpha value is -1.59. The number of hydrogen-bond donors (Lipinski definition) is 2. The molecule has 0 bridgehead atoms. The zero-order valence-electron chi connectivity index (χ0n) is 15.2. The van der Waals surface area contributed by atoms with E-state index < -0.39 is 0 Å². The van der Waals surface area contributed by atoms with Gasteiger partial charge < -0.3 is 15.8 Å². The maximum absolute atomic E-state index is 12.5. The maximum atomic E-state index is 12.5. The van der Waals surface area contributed by atoms with Crippen LogP contribution in [0.25, 0.3) is 0 Å². The summed E-state index contributed by atoms with van der Waals surface area (Å²) in [6.45, 7) is 1.94. The summed E-state index contributed by atoms with van der Waals surface area (Å²) in [4.78, 5) is 12.5. The summed E-state index contributed by atoms with van der Waals surface area (Å²) >= 11 is 6.19. The summed E-state index contributed by atoms with van der Waals surface area (Å²) in [7, 11) is 0. The second kappa shape index (κ2) is 10.1. The van der Waals surface area contributed by atoms with Gasteiger partial charge in [-0.3, -0.25) is 4.79 Å². The second-order valence-electron chi connectivity index (χ2n) is 6.90. The van der Waals surface area contributed by atoms with E-state index in [0.717, 1.165) is 24.0 Å². The van der Waals surface area contributed by atoms with Crippen LogP contribution in [0.5, 0.6) is 0 Å². The van der Waals surface area contributed by atoms with Gasteiger partial charge in [0.1, 0.15) is 0 Å². The molecule has 1 aliphatic rings. The molecular weight excluding hydrogens is 383 g/mol. The monoisotopic (exact) mass is 408 g/mol. The summed E-state index contributed by atoms with van der Waals surface area (Å²) < 4.78 is 5.54. The van der Waals surface area contributed by atoms with Gasteiger partial charge in [-0.25, -0.2) is 0 Å². The van der Waals surface area contributed by atoms with Gasteiger partial charge in [-0.1, -0.05) is 54.1 Å². The van der Waals surface area contributed by atoms with E-state index in [9.17, 15) is 4.79 Å². The third-order valence-corrected chi connectivity index (χ3v) is 5.38. The van der Waals surface area contributed by atoms with E-state index in [-0.39, 0.29) is 36.2 Å². The van der Waals surface area contributed by atoms with Crippen LogP contribution in [0.4, 0.5) is 0 Å². The van der Waals surface area contributed by atoms with Crippen LogP contribution in [0.1, 0.15) is 36.4 Å². The van der Waals surface area contributed by atoms with E-state index >= 15 is 0 Å². The molecule has 3 N–H and O–H groups in total. The predicted molar refractivity (Wildman–Crippen MR) is 111 cm³/mol. The zero-order valence-corrected chi connectivity index (χ0v) is 16.8. The summed E-state index contributed by atoms with van der Waals surface area (Å²) in [6.07, 6.45) is 1.99. The molecule has 1 atom stereocenters. The van der Waals surface area contributed by atoms with Crippen LogP contribution in [-0.4, -0.2) is 25.7 Å². The highest BCUT2D eigenvalue weighted by Crippen LogP contribution is 2.35. The molecule has 1 unspecified atom stereocenters. The fourth-order valence-electron chi connectivity index (χ4n) is 3.51. The SMILES string of the molecule is Cl.NC(CC(=O)NCC1(c2cccc(Cl)c2)CCOCC1)c1ccccc1. The molecule has 1 amide bonds. The lowest BCUT2D eigenvalue weighted by atomic mass is 9.74. The fourth-order valence-corrected chi connectivity index (χ4v) is 3.70. The highest BCUT2D eigenvalue weighted by molar-refractivity contribution is 6.30. The van der Waals surface area contributed by atoms with Gasteiger partial charge in [-0.15, -0.1) is 12.4 Å². The van der Waals surface area contributed by atoms with Gasteiger partial charge in [0.05, 0.1) is 0 Å². The average Bonchev–Trinajstić information content (AvgIpc) is 2.68. The first kappa shape index (κ1) is 21.7. The van der Waals surface area contributed by atoms with Crippen molar-refractivity contribution in [1.82, 2.24) is 5.32 Å². The molecule has 1 fully saturated rings. The molecular formula is C21H26Cl2N2O2. The smallest absolute Gasteiger partial charge is 0.221 e. The molecule has 4 nitrogen and oxygen atoms in total. The van der Waals surface area contributed by atoms with Crippen LogP contribution in [0.15, 0.2) is 54.6 Å². The number of nitrogens with one attached hydrogen (secondary N) is 1. The highest BCUT2D eigenvalue weighted by Gasteiger charge is 2.35. The number of carbonyl (C=O) groups excluding carboxylic acids is 1. The highest BCUT2D eigenvalue weighted by atomic mass is 35.5. The number of hydrogen-bond acceptors (Lipinski definition) is 3. The van der Waals surface area contributed by atoms with Crippen LogP contribution < -0.4 is 11.1 Å². The van der Waals surface area contributed by atoms with E-state index in [2.05, 4.69) is 11.4 Å². The molecule has 6 heteroatoms. The Kier molecular flexibility index (Phi) is 8.11. The molecule has 0 saturated carbocycles. The normalized spacial score (nSPS) is 16.8. The summed E-state index contributed by atoms with van der Waals surface area (Å²) in [5.74, 6) is -0.0331.